The second-order valence-corrected chi connectivity index (χ2v) is 5.60. The quantitative estimate of drug-likeness (QED) is 0.914. The molecule has 1 N–H and O–H groups in total. The molecule has 1 saturated heterocycles. The van der Waals surface area contributed by atoms with E-state index in [4.69, 9.17) is 0 Å². The maximum Gasteiger partial charge on any atom is 0.137 e. The Morgan fingerprint density at radius 3 is 2.83 bits per heavy atom. The van der Waals surface area contributed by atoms with Crippen LogP contribution in [-0.2, 0) is 11.4 Å². The third-order valence-corrected chi connectivity index (χ3v) is 4.43. The molecule has 1 aromatic heterocycles. The molecular formula is C12H13FN4S. The zero-order valence-corrected chi connectivity index (χ0v) is 10.5. The van der Waals surface area contributed by atoms with Gasteiger partial charge in [-0.05, 0) is 17.7 Å². The van der Waals surface area contributed by atoms with E-state index in [1.54, 1.807) is 11.0 Å². The van der Waals surface area contributed by atoms with Crippen molar-refractivity contribution in [2.24, 2.45) is 0 Å². The van der Waals surface area contributed by atoms with Crippen LogP contribution in [0, 0.1) is 5.82 Å². The number of nitrogens with one attached hydrogen (secondary N) is 1. The highest BCUT2D eigenvalue weighted by Crippen LogP contribution is 2.38. The van der Waals surface area contributed by atoms with E-state index in [0.717, 1.165) is 17.9 Å². The Hall–Kier alpha value is -1.40. The standard InChI is InChI=1S/C12H13FN4S/c13-11-3-1-10(2-4-11)12(15-5-6-18-12)7-17-9-14-8-16-17/h1-4,8-9,15H,5-7H2. The van der Waals surface area contributed by atoms with Gasteiger partial charge in [-0.1, -0.05) is 12.1 Å². The Bertz CT molecular complexity index is 505. The molecule has 6 heteroatoms. The SMILES string of the molecule is Fc1ccc(C2(Cn3cncn3)NCCS2)cc1. The molecule has 1 aliphatic rings. The van der Waals surface area contributed by atoms with Gasteiger partial charge in [0.2, 0.25) is 0 Å². The van der Waals surface area contributed by atoms with Crippen LogP contribution in [0.2, 0.25) is 0 Å². The predicted octanol–water partition coefficient (Wildman–Crippen LogP) is 1.61. The number of thioether (sulfide) groups is 1. The fourth-order valence-corrected chi connectivity index (χ4v) is 3.45. The van der Waals surface area contributed by atoms with Gasteiger partial charge in [0.05, 0.1) is 6.54 Å². The van der Waals surface area contributed by atoms with Crippen LogP contribution >= 0.6 is 11.8 Å². The number of hydrogen-bond donors (Lipinski definition) is 1. The first-order chi connectivity index (χ1) is 8.78. The van der Waals surface area contributed by atoms with Crippen molar-refractivity contribution in [1.29, 1.82) is 0 Å². The molecule has 2 heterocycles. The molecule has 0 aliphatic carbocycles. The van der Waals surface area contributed by atoms with Crippen LogP contribution in [0.5, 0.6) is 0 Å². The lowest BCUT2D eigenvalue weighted by Gasteiger charge is -2.29. The van der Waals surface area contributed by atoms with Crippen molar-refractivity contribution in [3.05, 3.63) is 48.3 Å². The Labute approximate surface area is 109 Å². The highest BCUT2D eigenvalue weighted by Gasteiger charge is 2.36. The molecule has 1 aliphatic heterocycles. The average Bonchev–Trinajstić information content (AvgIpc) is 3.03. The zero-order chi connectivity index (χ0) is 12.4. The van der Waals surface area contributed by atoms with Crippen LogP contribution in [0.25, 0.3) is 0 Å². The van der Waals surface area contributed by atoms with Crippen LogP contribution in [0.4, 0.5) is 4.39 Å². The summed E-state index contributed by atoms with van der Waals surface area (Å²) in [4.78, 5) is 3.72. The second-order valence-electron chi connectivity index (χ2n) is 4.20. The summed E-state index contributed by atoms with van der Waals surface area (Å²) in [6.45, 7) is 1.63. The summed E-state index contributed by atoms with van der Waals surface area (Å²) in [6, 6.07) is 6.66. The normalized spacial score (nSPS) is 23.4. The number of rotatable bonds is 3. The Kier molecular flexibility index (Phi) is 3.05. The fourth-order valence-electron chi connectivity index (χ4n) is 2.17. The van der Waals surface area contributed by atoms with Crippen molar-refractivity contribution >= 4 is 11.8 Å². The molecule has 1 atom stereocenters. The average molecular weight is 264 g/mol. The summed E-state index contributed by atoms with van der Waals surface area (Å²) >= 11 is 1.82. The number of aromatic nitrogens is 3. The predicted molar refractivity (Wildman–Crippen MR) is 68.6 cm³/mol. The van der Waals surface area contributed by atoms with E-state index in [0.29, 0.717) is 6.54 Å². The summed E-state index contributed by atoms with van der Waals surface area (Å²) in [7, 11) is 0. The molecule has 94 valence electrons. The minimum absolute atomic E-state index is 0.211. The van der Waals surface area contributed by atoms with Gasteiger partial charge in [-0.2, -0.15) is 5.10 Å². The summed E-state index contributed by atoms with van der Waals surface area (Å²) in [5.41, 5.74) is 1.07. The van der Waals surface area contributed by atoms with Gasteiger partial charge in [0.15, 0.2) is 0 Å². The molecule has 2 aromatic rings. The van der Waals surface area contributed by atoms with Crippen molar-refractivity contribution in [2.45, 2.75) is 11.4 Å². The van der Waals surface area contributed by atoms with Crippen molar-refractivity contribution < 1.29 is 4.39 Å². The van der Waals surface area contributed by atoms with E-state index < -0.39 is 0 Å². The van der Waals surface area contributed by atoms with Crippen LogP contribution in [0.1, 0.15) is 5.56 Å². The second kappa shape index (κ2) is 4.70. The molecule has 1 aromatic carbocycles. The van der Waals surface area contributed by atoms with Crippen LogP contribution in [0.3, 0.4) is 0 Å². The largest absolute Gasteiger partial charge is 0.297 e. The molecule has 4 nitrogen and oxygen atoms in total. The van der Waals surface area contributed by atoms with E-state index in [2.05, 4.69) is 15.4 Å². The number of halogens is 1. The first-order valence-electron chi connectivity index (χ1n) is 5.76. The van der Waals surface area contributed by atoms with Gasteiger partial charge in [-0.3, -0.25) is 5.32 Å². The third-order valence-electron chi connectivity index (χ3n) is 3.02. The van der Waals surface area contributed by atoms with Gasteiger partial charge in [-0.15, -0.1) is 11.8 Å². The summed E-state index contributed by atoms with van der Waals surface area (Å²) < 4.78 is 14.8. The minimum Gasteiger partial charge on any atom is -0.297 e. The van der Waals surface area contributed by atoms with Crippen LogP contribution in [0.15, 0.2) is 36.9 Å². The fraction of sp³-hybridized carbons (Fsp3) is 0.333. The molecule has 1 unspecified atom stereocenters. The first kappa shape index (κ1) is 11.7. The van der Waals surface area contributed by atoms with Crippen molar-refractivity contribution in [3.8, 4) is 0 Å². The van der Waals surface area contributed by atoms with Gasteiger partial charge in [0.1, 0.15) is 23.3 Å². The zero-order valence-electron chi connectivity index (χ0n) is 9.71. The van der Waals surface area contributed by atoms with E-state index >= 15 is 0 Å². The van der Waals surface area contributed by atoms with Gasteiger partial charge in [0.25, 0.3) is 0 Å². The minimum atomic E-state index is -0.235. The monoisotopic (exact) mass is 264 g/mol. The third kappa shape index (κ3) is 2.13. The molecule has 0 saturated carbocycles. The summed E-state index contributed by atoms with van der Waals surface area (Å²) in [6.07, 6.45) is 3.23. The number of benzene rings is 1. The van der Waals surface area contributed by atoms with E-state index in [9.17, 15) is 4.39 Å². The van der Waals surface area contributed by atoms with Gasteiger partial charge in [-0.25, -0.2) is 14.1 Å². The molecule has 3 rings (SSSR count). The lowest BCUT2D eigenvalue weighted by atomic mass is 10.1. The van der Waals surface area contributed by atoms with Crippen molar-refractivity contribution in [3.63, 3.8) is 0 Å². The maximum absolute atomic E-state index is 13.0. The Morgan fingerprint density at radius 1 is 1.39 bits per heavy atom. The van der Waals surface area contributed by atoms with E-state index in [1.165, 1.54) is 18.5 Å². The van der Waals surface area contributed by atoms with Gasteiger partial charge >= 0.3 is 0 Å². The van der Waals surface area contributed by atoms with Crippen LogP contribution in [-0.4, -0.2) is 27.1 Å². The number of nitrogens with zero attached hydrogens (tertiary/aromatic N) is 3. The molecule has 0 bridgehead atoms. The molecule has 0 radical (unpaired) electrons. The number of hydrogen-bond acceptors (Lipinski definition) is 4. The lowest BCUT2D eigenvalue weighted by Crippen LogP contribution is -2.38. The van der Waals surface area contributed by atoms with Crippen LogP contribution < -0.4 is 5.32 Å². The molecule has 0 spiro atoms. The maximum atomic E-state index is 13.0. The van der Waals surface area contributed by atoms with E-state index in [1.807, 2.05) is 23.9 Å². The Morgan fingerprint density at radius 2 is 2.22 bits per heavy atom. The molecule has 0 amide bonds. The van der Waals surface area contributed by atoms with Gasteiger partial charge in [0, 0.05) is 12.3 Å². The molecule has 18 heavy (non-hydrogen) atoms. The Balaban J connectivity index is 1.93. The smallest absolute Gasteiger partial charge is 0.137 e. The molecule has 1 fully saturated rings. The molecular weight excluding hydrogens is 251 g/mol. The van der Waals surface area contributed by atoms with Crippen molar-refractivity contribution in [2.75, 3.05) is 12.3 Å². The lowest BCUT2D eigenvalue weighted by molar-refractivity contribution is 0.421. The summed E-state index contributed by atoms with van der Waals surface area (Å²) in [5, 5.41) is 7.64. The highest BCUT2D eigenvalue weighted by atomic mass is 32.2. The topological polar surface area (TPSA) is 42.7 Å². The van der Waals surface area contributed by atoms with E-state index in [-0.39, 0.29) is 10.7 Å². The highest BCUT2D eigenvalue weighted by molar-refractivity contribution is 8.00. The van der Waals surface area contributed by atoms with Gasteiger partial charge < -0.3 is 0 Å². The summed E-state index contributed by atoms with van der Waals surface area (Å²) in [5.74, 6) is 0.823. The van der Waals surface area contributed by atoms with Crippen molar-refractivity contribution in [1.82, 2.24) is 20.1 Å². The first-order valence-corrected chi connectivity index (χ1v) is 6.74.